The summed E-state index contributed by atoms with van der Waals surface area (Å²) in [6, 6.07) is 8.50. The van der Waals surface area contributed by atoms with E-state index in [1.807, 2.05) is 13.8 Å². The van der Waals surface area contributed by atoms with Crippen LogP contribution in [0.25, 0.3) is 11.3 Å². The maximum Gasteiger partial charge on any atom is 0.265 e. The van der Waals surface area contributed by atoms with E-state index in [4.69, 9.17) is 9.47 Å². The first-order valence-electron chi connectivity index (χ1n) is 13.3. The molecule has 212 valence electrons. The third kappa shape index (κ3) is 5.38. The van der Waals surface area contributed by atoms with Crippen molar-refractivity contribution in [2.24, 2.45) is 0 Å². The number of benzene rings is 2. The highest BCUT2D eigenvalue weighted by Crippen LogP contribution is 2.44. The minimum atomic E-state index is -0.658. The minimum Gasteiger partial charge on any atom is -0.493 e. The van der Waals surface area contributed by atoms with Gasteiger partial charge in [0.1, 0.15) is 11.5 Å². The fourth-order valence-electron chi connectivity index (χ4n) is 5.33. The van der Waals surface area contributed by atoms with E-state index in [1.54, 1.807) is 29.2 Å². The van der Waals surface area contributed by atoms with Crippen LogP contribution in [0.4, 0.5) is 31.8 Å². The second kappa shape index (κ2) is 11.2. The molecule has 5 rings (SSSR count). The molecule has 2 aromatic carbocycles. The van der Waals surface area contributed by atoms with E-state index < -0.39 is 5.82 Å². The molecule has 9 nitrogen and oxygen atoms in total. The molecule has 40 heavy (non-hydrogen) atoms. The van der Waals surface area contributed by atoms with Crippen molar-refractivity contribution in [3.8, 4) is 22.8 Å². The summed E-state index contributed by atoms with van der Waals surface area (Å²) >= 11 is 0. The number of methoxy groups -OCH3 is 1. The van der Waals surface area contributed by atoms with E-state index in [9.17, 15) is 4.79 Å². The van der Waals surface area contributed by atoms with Gasteiger partial charge in [-0.2, -0.15) is 0 Å². The predicted molar refractivity (Wildman–Crippen MR) is 151 cm³/mol. The molecule has 1 aromatic heterocycles. The van der Waals surface area contributed by atoms with E-state index in [2.05, 4.69) is 39.2 Å². The number of fused-ring (bicyclic) bond motifs is 1. The molecular weight excluding hydrogens is 518 g/mol. The molecule has 0 bridgehead atoms. The van der Waals surface area contributed by atoms with Crippen LogP contribution in [-0.2, 0) is 4.79 Å². The lowest BCUT2D eigenvalue weighted by molar-refractivity contribution is -0.121. The van der Waals surface area contributed by atoms with Crippen LogP contribution < -0.4 is 24.6 Å². The summed E-state index contributed by atoms with van der Waals surface area (Å²) in [7, 11) is 5.62. The first-order chi connectivity index (χ1) is 19.2. The van der Waals surface area contributed by atoms with E-state index in [0.29, 0.717) is 40.2 Å². The van der Waals surface area contributed by atoms with Gasteiger partial charge in [0.2, 0.25) is 5.95 Å². The van der Waals surface area contributed by atoms with E-state index >= 15 is 8.78 Å². The molecule has 0 spiro atoms. The van der Waals surface area contributed by atoms with Crippen LogP contribution >= 0.6 is 0 Å². The lowest BCUT2D eigenvalue weighted by atomic mass is 10.0. The first-order valence-corrected chi connectivity index (χ1v) is 13.3. The van der Waals surface area contributed by atoms with E-state index in [1.165, 1.54) is 13.2 Å². The number of carbonyl (C=O) groups is 1. The predicted octanol–water partition coefficient (Wildman–Crippen LogP) is 4.84. The third-order valence-corrected chi connectivity index (χ3v) is 7.40. The van der Waals surface area contributed by atoms with E-state index in [-0.39, 0.29) is 36.0 Å². The normalized spacial score (nSPS) is 15.9. The second-order valence-electron chi connectivity index (χ2n) is 10.5. The number of rotatable bonds is 7. The van der Waals surface area contributed by atoms with Crippen LogP contribution in [0.1, 0.15) is 26.7 Å². The number of anilines is 4. The Hall–Kier alpha value is -3.99. The fraction of sp³-hybridized carbons (Fsp3) is 0.414. The zero-order valence-electron chi connectivity index (χ0n) is 23.4. The van der Waals surface area contributed by atoms with Crippen molar-refractivity contribution in [3.05, 3.63) is 48.2 Å². The quantitative estimate of drug-likeness (QED) is 0.446. The Bertz CT molecular complexity index is 1410. The van der Waals surface area contributed by atoms with Crippen molar-refractivity contribution in [2.75, 3.05) is 56.0 Å². The Kier molecular flexibility index (Phi) is 7.75. The van der Waals surface area contributed by atoms with Gasteiger partial charge in [0, 0.05) is 36.4 Å². The highest BCUT2D eigenvalue weighted by Gasteiger charge is 2.31. The molecule has 3 aromatic rings. The molecule has 3 heterocycles. The Labute approximate surface area is 232 Å². The van der Waals surface area contributed by atoms with Crippen molar-refractivity contribution < 1.29 is 23.0 Å². The fourth-order valence-corrected chi connectivity index (χ4v) is 5.33. The molecular formula is C29H34F2N6O3. The summed E-state index contributed by atoms with van der Waals surface area (Å²) in [5.74, 6) is -0.359. The number of aromatic nitrogens is 2. The number of halogens is 2. The second-order valence-corrected chi connectivity index (χ2v) is 10.5. The van der Waals surface area contributed by atoms with Gasteiger partial charge >= 0.3 is 0 Å². The van der Waals surface area contributed by atoms with Gasteiger partial charge in [-0.1, -0.05) is 0 Å². The molecule has 2 aliphatic heterocycles. The molecule has 0 atom stereocenters. The topological polar surface area (TPSA) is 83.1 Å². The van der Waals surface area contributed by atoms with Crippen molar-refractivity contribution >= 4 is 28.9 Å². The van der Waals surface area contributed by atoms with Gasteiger partial charge in [-0.25, -0.2) is 18.7 Å². The number of ether oxygens (including phenoxy) is 2. The molecule has 0 unspecified atom stereocenters. The average Bonchev–Trinajstić information content (AvgIpc) is 2.93. The average molecular weight is 553 g/mol. The van der Waals surface area contributed by atoms with Crippen molar-refractivity contribution in [2.45, 2.75) is 38.8 Å². The summed E-state index contributed by atoms with van der Waals surface area (Å²) in [5.41, 5.74) is 1.85. The zero-order chi connectivity index (χ0) is 28.6. The van der Waals surface area contributed by atoms with Crippen molar-refractivity contribution in [1.82, 2.24) is 14.9 Å². The zero-order valence-corrected chi connectivity index (χ0v) is 23.4. The number of hydrogen-bond donors (Lipinski definition) is 1. The largest absolute Gasteiger partial charge is 0.493 e. The molecule has 1 saturated heterocycles. The third-order valence-electron chi connectivity index (χ3n) is 7.40. The van der Waals surface area contributed by atoms with Crippen LogP contribution in [0.15, 0.2) is 36.5 Å². The van der Waals surface area contributed by atoms with Gasteiger partial charge in [0.15, 0.2) is 23.9 Å². The molecule has 2 aliphatic rings. The number of nitrogens with zero attached hydrogens (tertiary/aromatic N) is 5. The first kappa shape index (κ1) is 27.6. The van der Waals surface area contributed by atoms with E-state index in [0.717, 1.165) is 32.1 Å². The lowest BCUT2D eigenvalue weighted by Crippen LogP contribution is -2.43. The number of amides is 1. The van der Waals surface area contributed by atoms with Gasteiger partial charge in [-0.3, -0.25) is 4.79 Å². The summed E-state index contributed by atoms with van der Waals surface area (Å²) in [6.07, 6.45) is 3.00. The molecule has 0 radical (unpaired) electrons. The highest BCUT2D eigenvalue weighted by atomic mass is 19.1. The van der Waals surface area contributed by atoms with Gasteiger partial charge < -0.3 is 29.5 Å². The smallest absolute Gasteiger partial charge is 0.265 e. The molecule has 1 N–H and O–H groups in total. The number of piperidine rings is 1. The summed E-state index contributed by atoms with van der Waals surface area (Å²) in [6.45, 7) is 5.23. The van der Waals surface area contributed by atoms with Gasteiger partial charge in [0.25, 0.3) is 5.91 Å². The molecule has 1 amide bonds. The summed E-state index contributed by atoms with van der Waals surface area (Å²) < 4.78 is 41.3. The van der Waals surface area contributed by atoms with Gasteiger partial charge in [-0.05, 0) is 71.1 Å². The lowest BCUT2D eigenvalue weighted by Gasteiger charge is -2.36. The van der Waals surface area contributed by atoms with Crippen LogP contribution in [0.3, 0.4) is 0 Å². The Balaban J connectivity index is 1.41. The van der Waals surface area contributed by atoms with Crippen LogP contribution in [0, 0.1) is 11.6 Å². The Morgan fingerprint density at radius 2 is 1.85 bits per heavy atom. The summed E-state index contributed by atoms with van der Waals surface area (Å²) in [4.78, 5) is 26.9. The molecule has 1 fully saturated rings. The Morgan fingerprint density at radius 3 is 2.50 bits per heavy atom. The Morgan fingerprint density at radius 1 is 1.10 bits per heavy atom. The SMILES string of the molecule is COc1cc(-c2nc(Nc3ccc(N4CCC(N(C)C)CC4)c(F)c3)ncc2F)cc2c1OCC(=O)N2C(C)C. The van der Waals surface area contributed by atoms with Crippen LogP contribution in [0.5, 0.6) is 11.5 Å². The molecule has 11 heteroatoms. The summed E-state index contributed by atoms with van der Waals surface area (Å²) in [5, 5.41) is 2.98. The minimum absolute atomic E-state index is 0.00110. The van der Waals surface area contributed by atoms with Gasteiger partial charge in [-0.15, -0.1) is 0 Å². The number of carbonyl (C=O) groups excluding carboxylic acids is 1. The van der Waals surface area contributed by atoms with Crippen molar-refractivity contribution in [3.63, 3.8) is 0 Å². The highest BCUT2D eigenvalue weighted by molar-refractivity contribution is 6.00. The van der Waals surface area contributed by atoms with Crippen molar-refractivity contribution in [1.29, 1.82) is 0 Å². The number of hydrogen-bond acceptors (Lipinski definition) is 8. The molecule has 0 aliphatic carbocycles. The maximum atomic E-state index is 15.1. The molecule has 0 saturated carbocycles. The maximum absolute atomic E-state index is 15.1. The van der Waals surface area contributed by atoms with Gasteiger partial charge in [0.05, 0.1) is 24.7 Å². The van der Waals surface area contributed by atoms with Crippen LogP contribution in [0.2, 0.25) is 0 Å². The number of nitrogens with one attached hydrogen (secondary N) is 1. The standard InChI is InChI=1S/C29H34F2N6O3/c1-17(2)37-24-12-18(13-25(39-5)28(24)40-16-26(37)38)27-22(31)15-32-29(34-27)33-19-6-7-23(21(30)14-19)36-10-8-20(9-11-36)35(3)4/h6-7,12-15,17,20H,8-11,16H2,1-5H3,(H,32,33,34). The monoisotopic (exact) mass is 552 g/mol. The van der Waals surface area contributed by atoms with Crippen LogP contribution in [-0.4, -0.2) is 73.8 Å².